The highest BCUT2D eigenvalue weighted by atomic mass is 16.5. The number of carbonyl (C=O) groups is 1. The molecule has 3 heterocycles. The highest BCUT2D eigenvalue weighted by molar-refractivity contribution is 5.86. The predicted octanol–water partition coefficient (Wildman–Crippen LogP) is 1.65. The van der Waals surface area contributed by atoms with Crippen LogP contribution in [0.1, 0.15) is 32.6 Å². The smallest absolute Gasteiger partial charge is 0.242 e. The summed E-state index contributed by atoms with van der Waals surface area (Å²) in [6.07, 6.45) is 5.26. The van der Waals surface area contributed by atoms with Gasteiger partial charge in [0.1, 0.15) is 5.82 Å². The molecule has 6 heteroatoms. The molecule has 0 aliphatic carbocycles. The van der Waals surface area contributed by atoms with Crippen LogP contribution in [0.15, 0.2) is 24.4 Å². The number of ether oxygens (including phenoxy) is 1. The Kier molecular flexibility index (Phi) is 5.91. The first-order chi connectivity index (χ1) is 12.1. The molecular formula is C19H30N4O2. The van der Waals surface area contributed by atoms with Gasteiger partial charge in [-0.3, -0.25) is 4.79 Å². The molecule has 3 rings (SSSR count). The van der Waals surface area contributed by atoms with Crippen molar-refractivity contribution in [2.75, 3.05) is 44.3 Å². The van der Waals surface area contributed by atoms with E-state index < -0.39 is 5.54 Å². The number of nitrogens with two attached hydrogens (primary N) is 1. The first-order valence-electron chi connectivity index (χ1n) is 9.44. The molecule has 2 aliphatic rings. The zero-order chi connectivity index (χ0) is 17.7. The molecule has 0 atom stereocenters. The lowest BCUT2D eigenvalue weighted by Gasteiger charge is -2.39. The molecule has 0 spiro atoms. The minimum Gasteiger partial charge on any atom is -0.381 e. The van der Waals surface area contributed by atoms with Gasteiger partial charge in [-0.2, -0.15) is 0 Å². The van der Waals surface area contributed by atoms with E-state index in [-0.39, 0.29) is 5.91 Å². The molecule has 0 unspecified atom stereocenters. The summed E-state index contributed by atoms with van der Waals surface area (Å²) in [7, 11) is 0. The van der Waals surface area contributed by atoms with Gasteiger partial charge in [-0.1, -0.05) is 6.07 Å². The number of likely N-dealkylation sites (N-methyl/N-ethyl adjacent to an activating group) is 1. The van der Waals surface area contributed by atoms with Crippen LogP contribution in [0.3, 0.4) is 0 Å². The van der Waals surface area contributed by atoms with E-state index in [2.05, 4.69) is 16.0 Å². The van der Waals surface area contributed by atoms with E-state index in [1.165, 1.54) is 0 Å². The third-order valence-electron chi connectivity index (χ3n) is 5.55. The fourth-order valence-corrected chi connectivity index (χ4v) is 3.82. The summed E-state index contributed by atoms with van der Waals surface area (Å²) < 4.78 is 5.37. The van der Waals surface area contributed by atoms with E-state index in [0.717, 1.165) is 44.8 Å². The number of hydrogen-bond acceptors (Lipinski definition) is 5. The van der Waals surface area contributed by atoms with E-state index in [0.29, 0.717) is 32.0 Å². The highest BCUT2D eigenvalue weighted by Crippen LogP contribution is 2.25. The van der Waals surface area contributed by atoms with Crippen LogP contribution in [0.4, 0.5) is 5.82 Å². The van der Waals surface area contributed by atoms with Crippen molar-refractivity contribution in [1.29, 1.82) is 0 Å². The third kappa shape index (κ3) is 4.30. The Balaban J connectivity index is 1.53. The number of piperidine rings is 1. The molecule has 25 heavy (non-hydrogen) atoms. The molecule has 0 bridgehead atoms. The van der Waals surface area contributed by atoms with E-state index in [1.54, 1.807) is 0 Å². The molecule has 0 aromatic carbocycles. The predicted molar refractivity (Wildman–Crippen MR) is 98.4 cm³/mol. The number of anilines is 1. The molecule has 2 fully saturated rings. The van der Waals surface area contributed by atoms with Crippen LogP contribution in [-0.2, 0) is 9.53 Å². The number of nitrogens with zero attached hydrogens (tertiary/aromatic N) is 3. The summed E-state index contributed by atoms with van der Waals surface area (Å²) in [5.41, 5.74) is 5.66. The van der Waals surface area contributed by atoms with Crippen LogP contribution < -0.4 is 10.6 Å². The quantitative estimate of drug-likeness (QED) is 0.878. The Morgan fingerprint density at radius 2 is 2.08 bits per heavy atom. The topological polar surface area (TPSA) is 71.7 Å². The minimum atomic E-state index is -0.733. The zero-order valence-electron chi connectivity index (χ0n) is 15.2. The number of carbonyl (C=O) groups excluding carboxylic acids is 1. The first kappa shape index (κ1) is 18.1. The van der Waals surface area contributed by atoms with Crippen molar-refractivity contribution in [2.24, 2.45) is 11.7 Å². The number of rotatable bonds is 5. The maximum Gasteiger partial charge on any atom is 0.242 e. The van der Waals surface area contributed by atoms with Gasteiger partial charge in [0, 0.05) is 45.6 Å². The van der Waals surface area contributed by atoms with E-state index in [4.69, 9.17) is 10.5 Å². The number of hydrogen-bond donors (Lipinski definition) is 1. The SMILES string of the molecule is CCN(CC1CCN(c2ccccn2)CC1)C(=O)C1(N)CCOCC1. The molecule has 2 N–H and O–H groups in total. The van der Waals surface area contributed by atoms with Gasteiger partial charge in [0.05, 0.1) is 5.54 Å². The number of aromatic nitrogens is 1. The fraction of sp³-hybridized carbons (Fsp3) is 0.684. The molecule has 2 aliphatic heterocycles. The van der Waals surface area contributed by atoms with Gasteiger partial charge in [-0.05, 0) is 50.7 Å². The summed E-state index contributed by atoms with van der Waals surface area (Å²) in [5, 5.41) is 0. The summed E-state index contributed by atoms with van der Waals surface area (Å²) in [4.78, 5) is 21.7. The van der Waals surface area contributed by atoms with Gasteiger partial charge in [0.25, 0.3) is 0 Å². The summed E-state index contributed by atoms with van der Waals surface area (Å²) in [6.45, 7) is 6.74. The van der Waals surface area contributed by atoms with Gasteiger partial charge in [0.15, 0.2) is 0 Å². The number of amides is 1. The maximum atomic E-state index is 12.9. The van der Waals surface area contributed by atoms with Crippen molar-refractivity contribution < 1.29 is 9.53 Å². The Morgan fingerprint density at radius 3 is 2.68 bits per heavy atom. The third-order valence-corrected chi connectivity index (χ3v) is 5.55. The van der Waals surface area contributed by atoms with Gasteiger partial charge in [0.2, 0.25) is 5.91 Å². The van der Waals surface area contributed by atoms with Gasteiger partial charge >= 0.3 is 0 Å². The van der Waals surface area contributed by atoms with Gasteiger partial charge < -0.3 is 20.3 Å². The second-order valence-corrected chi connectivity index (χ2v) is 7.23. The number of pyridine rings is 1. The van der Waals surface area contributed by atoms with Crippen LogP contribution in [0.2, 0.25) is 0 Å². The Morgan fingerprint density at radius 1 is 1.36 bits per heavy atom. The standard InChI is InChI=1S/C19H30N4O2/c1-2-22(18(24)19(20)8-13-25-14-9-19)15-16-6-11-23(12-7-16)17-5-3-4-10-21-17/h3-5,10,16H,2,6-9,11-15,20H2,1H3. The monoisotopic (exact) mass is 346 g/mol. The molecule has 0 radical (unpaired) electrons. The molecule has 0 saturated carbocycles. The second kappa shape index (κ2) is 8.15. The minimum absolute atomic E-state index is 0.102. The Labute approximate surface area is 150 Å². The van der Waals surface area contributed by atoms with E-state index >= 15 is 0 Å². The van der Waals surface area contributed by atoms with Crippen molar-refractivity contribution in [3.05, 3.63) is 24.4 Å². The molecule has 1 amide bonds. The van der Waals surface area contributed by atoms with E-state index in [1.807, 2.05) is 30.2 Å². The van der Waals surface area contributed by atoms with Crippen molar-refractivity contribution >= 4 is 11.7 Å². The average molecular weight is 346 g/mol. The van der Waals surface area contributed by atoms with E-state index in [9.17, 15) is 4.79 Å². The zero-order valence-corrected chi connectivity index (χ0v) is 15.2. The molecule has 1 aromatic heterocycles. The largest absolute Gasteiger partial charge is 0.381 e. The van der Waals surface area contributed by atoms with Crippen LogP contribution >= 0.6 is 0 Å². The van der Waals surface area contributed by atoms with Crippen molar-refractivity contribution in [1.82, 2.24) is 9.88 Å². The summed E-state index contributed by atoms with van der Waals surface area (Å²) >= 11 is 0. The lowest BCUT2D eigenvalue weighted by molar-refractivity contribution is -0.141. The highest BCUT2D eigenvalue weighted by Gasteiger charge is 2.39. The second-order valence-electron chi connectivity index (χ2n) is 7.23. The summed E-state index contributed by atoms with van der Waals surface area (Å²) in [6, 6.07) is 6.03. The normalized spacial score (nSPS) is 21.1. The van der Waals surface area contributed by atoms with Gasteiger partial charge in [-0.25, -0.2) is 4.98 Å². The van der Waals surface area contributed by atoms with Crippen molar-refractivity contribution in [3.8, 4) is 0 Å². The molecule has 2 saturated heterocycles. The van der Waals surface area contributed by atoms with Crippen molar-refractivity contribution in [3.63, 3.8) is 0 Å². The lowest BCUT2D eigenvalue weighted by Crippen LogP contribution is -2.58. The Bertz CT molecular complexity index is 552. The lowest BCUT2D eigenvalue weighted by atomic mass is 9.88. The van der Waals surface area contributed by atoms with Crippen LogP contribution in [0.5, 0.6) is 0 Å². The molecule has 1 aromatic rings. The Hall–Kier alpha value is -1.66. The summed E-state index contributed by atoms with van der Waals surface area (Å²) in [5.74, 6) is 1.69. The van der Waals surface area contributed by atoms with Gasteiger partial charge in [-0.15, -0.1) is 0 Å². The molecule has 6 nitrogen and oxygen atoms in total. The van der Waals surface area contributed by atoms with Crippen LogP contribution in [-0.4, -0.2) is 60.7 Å². The van der Waals surface area contributed by atoms with Crippen LogP contribution in [0, 0.1) is 5.92 Å². The first-order valence-corrected chi connectivity index (χ1v) is 9.44. The average Bonchev–Trinajstić information content (AvgIpc) is 2.67. The molecular weight excluding hydrogens is 316 g/mol. The van der Waals surface area contributed by atoms with Crippen LogP contribution in [0.25, 0.3) is 0 Å². The van der Waals surface area contributed by atoms with Crippen molar-refractivity contribution in [2.45, 2.75) is 38.1 Å². The molecule has 138 valence electrons. The fourth-order valence-electron chi connectivity index (χ4n) is 3.82. The maximum absolute atomic E-state index is 12.9.